The molecule has 0 radical (unpaired) electrons. The first-order chi connectivity index (χ1) is 16.2. The van der Waals surface area contributed by atoms with Crippen molar-refractivity contribution in [3.63, 3.8) is 0 Å². The van der Waals surface area contributed by atoms with Crippen LogP contribution in [0.1, 0.15) is 27.2 Å². The Hall–Kier alpha value is -4.11. The molecule has 1 fully saturated rings. The van der Waals surface area contributed by atoms with E-state index in [2.05, 4.69) is 5.32 Å². The van der Waals surface area contributed by atoms with Gasteiger partial charge in [0.1, 0.15) is 18.1 Å². The van der Waals surface area contributed by atoms with Gasteiger partial charge in [0.2, 0.25) is 5.91 Å². The number of carboxylic acid groups (broad SMARTS) is 1. The van der Waals surface area contributed by atoms with Crippen molar-refractivity contribution in [1.29, 1.82) is 0 Å². The second-order valence-electron chi connectivity index (χ2n) is 7.62. The van der Waals surface area contributed by atoms with E-state index in [1.165, 1.54) is 12.1 Å². The highest BCUT2D eigenvalue weighted by molar-refractivity contribution is 8.18. The molecule has 2 N–H and O–H groups in total. The van der Waals surface area contributed by atoms with E-state index in [0.29, 0.717) is 28.8 Å². The summed E-state index contributed by atoms with van der Waals surface area (Å²) in [7, 11) is 0. The van der Waals surface area contributed by atoms with Crippen molar-refractivity contribution in [2.75, 3.05) is 11.9 Å². The normalized spacial score (nSPS) is 14.6. The number of thioether (sulfide) groups is 1. The fourth-order valence-corrected chi connectivity index (χ4v) is 4.26. The number of carboxylic acids is 1. The van der Waals surface area contributed by atoms with Gasteiger partial charge in [-0.1, -0.05) is 30.3 Å². The SMILES string of the molecule is Cc1cccc(NC(=O)CN2C(=O)S/C(=C\c3ccc(-c4ccccc4C(=O)O)o3)C2=O)c1C. The molecule has 3 amide bonds. The van der Waals surface area contributed by atoms with Gasteiger partial charge in [-0.25, -0.2) is 4.79 Å². The number of rotatable bonds is 6. The molecule has 0 saturated carbocycles. The Morgan fingerprint density at radius 1 is 1.06 bits per heavy atom. The molecule has 0 aliphatic carbocycles. The van der Waals surface area contributed by atoms with Gasteiger partial charge >= 0.3 is 5.97 Å². The van der Waals surface area contributed by atoms with Crippen molar-refractivity contribution < 1.29 is 28.7 Å². The Labute approximate surface area is 199 Å². The van der Waals surface area contributed by atoms with E-state index in [-0.39, 0.29) is 16.2 Å². The molecular formula is C25H20N2O6S. The zero-order valence-electron chi connectivity index (χ0n) is 18.3. The van der Waals surface area contributed by atoms with E-state index in [1.54, 1.807) is 36.4 Å². The molecule has 1 saturated heterocycles. The maximum Gasteiger partial charge on any atom is 0.336 e. The molecule has 1 aromatic heterocycles. The topological polar surface area (TPSA) is 117 Å². The Morgan fingerprint density at radius 2 is 1.82 bits per heavy atom. The number of furan rings is 1. The highest BCUT2D eigenvalue weighted by Gasteiger charge is 2.36. The number of hydrogen-bond acceptors (Lipinski definition) is 6. The van der Waals surface area contributed by atoms with Crippen LogP contribution in [0.25, 0.3) is 17.4 Å². The highest BCUT2D eigenvalue weighted by Crippen LogP contribution is 2.34. The summed E-state index contributed by atoms with van der Waals surface area (Å²) in [5, 5.41) is 11.6. The number of amides is 3. The summed E-state index contributed by atoms with van der Waals surface area (Å²) in [6.45, 7) is 3.39. The number of hydrogen-bond donors (Lipinski definition) is 2. The lowest BCUT2D eigenvalue weighted by Gasteiger charge is -2.14. The maximum atomic E-state index is 12.8. The van der Waals surface area contributed by atoms with Crippen LogP contribution in [0.5, 0.6) is 0 Å². The van der Waals surface area contributed by atoms with Crippen LogP contribution in [0.4, 0.5) is 10.5 Å². The zero-order valence-corrected chi connectivity index (χ0v) is 19.1. The molecule has 2 heterocycles. The minimum atomic E-state index is -1.09. The van der Waals surface area contributed by atoms with Crippen molar-refractivity contribution in [3.8, 4) is 11.3 Å². The lowest BCUT2D eigenvalue weighted by molar-refractivity contribution is -0.127. The van der Waals surface area contributed by atoms with Crippen LogP contribution in [0.2, 0.25) is 0 Å². The van der Waals surface area contributed by atoms with Crippen LogP contribution in [-0.4, -0.2) is 39.6 Å². The van der Waals surface area contributed by atoms with Crippen molar-refractivity contribution in [1.82, 2.24) is 4.90 Å². The number of aryl methyl sites for hydroxylation is 1. The van der Waals surface area contributed by atoms with E-state index in [1.807, 2.05) is 26.0 Å². The summed E-state index contributed by atoms with van der Waals surface area (Å²) in [6, 6.07) is 15.1. The third kappa shape index (κ3) is 4.65. The Balaban J connectivity index is 1.49. The van der Waals surface area contributed by atoms with Crippen LogP contribution < -0.4 is 5.32 Å². The summed E-state index contributed by atoms with van der Waals surface area (Å²) >= 11 is 0.708. The summed E-state index contributed by atoms with van der Waals surface area (Å²) in [4.78, 5) is 50.1. The van der Waals surface area contributed by atoms with Crippen LogP contribution in [-0.2, 0) is 9.59 Å². The second kappa shape index (κ2) is 9.40. The predicted molar refractivity (Wildman–Crippen MR) is 128 cm³/mol. The van der Waals surface area contributed by atoms with Gasteiger partial charge in [0.05, 0.1) is 10.5 Å². The summed E-state index contributed by atoms with van der Waals surface area (Å²) < 4.78 is 5.71. The summed E-state index contributed by atoms with van der Waals surface area (Å²) in [5.74, 6) is -1.58. The molecule has 1 aliphatic heterocycles. The van der Waals surface area contributed by atoms with Crippen molar-refractivity contribution >= 4 is 46.5 Å². The van der Waals surface area contributed by atoms with Gasteiger partial charge in [0.25, 0.3) is 11.1 Å². The second-order valence-corrected chi connectivity index (χ2v) is 8.61. The average Bonchev–Trinajstić information content (AvgIpc) is 3.37. The number of imide groups is 1. The Bertz CT molecular complexity index is 1360. The molecule has 0 spiro atoms. The fourth-order valence-electron chi connectivity index (χ4n) is 3.44. The molecule has 0 bridgehead atoms. The lowest BCUT2D eigenvalue weighted by atomic mass is 10.1. The van der Waals surface area contributed by atoms with Gasteiger partial charge in [-0.2, -0.15) is 0 Å². The number of nitrogens with one attached hydrogen (secondary N) is 1. The quantitative estimate of drug-likeness (QED) is 0.484. The van der Waals surface area contributed by atoms with E-state index >= 15 is 0 Å². The molecule has 1 aliphatic rings. The summed E-state index contributed by atoms with van der Waals surface area (Å²) in [6.07, 6.45) is 1.40. The first-order valence-electron chi connectivity index (χ1n) is 10.3. The van der Waals surface area contributed by atoms with E-state index in [9.17, 15) is 24.3 Å². The lowest BCUT2D eigenvalue weighted by Crippen LogP contribution is -2.36. The van der Waals surface area contributed by atoms with Crippen molar-refractivity contribution in [2.24, 2.45) is 0 Å². The molecule has 34 heavy (non-hydrogen) atoms. The third-order valence-electron chi connectivity index (χ3n) is 5.38. The van der Waals surface area contributed by atoms with Crippen molar-refractivity contribution in [2.45, 2.75) is 13.8 Å². The smallest absolute Gasteiger partial charge is 0.336 e. The van der Waals surface area contributed by atoms with Gasteiger partial charge in [0, 0.05) is 17.3 Å². The number of nitrogens with zero attached hydrogens (tertiary/aromatic N) is 1. The molecule has 3 aromatic rings. The van der Waals surface area contributed by atoms with Gasteiger partial charge < -0.3 is 14.8 Å². The molecule has 2 aromatic carbocycles. The average molecular weight is 477 g/mol. The monoisotopic (exact) mass is 476 g/mol. The number of carbonyl (C=O) groups excluding carboxylic acids is 3. The Kier molecular flexibility index (Phi) is 6.38. The van der Waals surface area contributed by atoms with Crippen molar-refractivity contribution in [3.05, 3.63) is 82.0 Å². The van der Waals surface area contributed by atoms with E-state index < -0.39 is 29.6 Å². The largest absolute Gasteiger partial charge is 0.478 e. The molecule has 0 unspecified atom stereocenters. The Morgan fingerprint density at radius 3 is 2.59 bits per heavy atom. The number of carbonyl (C=O) groups is 4. The van der Waals surface area contributed by atoms with Crippen LogP contribution in [0, 0.1) is 13.8 Å². The van der Waals surface area contributed by atoms with E-state index in [4.69, 9.17) is 4.42 Å². The van der Waals surface area contributed by atoms with Crippen LogP contribution in [0.15, 0.2) is 63.9 Å². The minimum Gasteiger partial charge on any atom is -0.478 e. The molecule has 0 atom stereocenters. The number of anilines is 1. The summed E-state index contributed by atoms with van der Waals surface area (Å²) in [5.41, 5.74) is 3.01. The standard InChI is InChI=1S/C25H20N2O6S/c1-14-6-5-9-19(15(14)2)26-22(28)13-27-23(29)21(34-25(27)32)12-16-10-11-20(33-16)17-7-3-4-8-18(17)24(30)31/h3-12H,13H2,1-2H3,(H,26,28)(H,30,31)/b21-12-. The van der Waals surface area contributed by atoms with Gasteiger partial charge in [-0.05, 0) is 61.0 Å². The van der Waals surface area contributed by atoms with Gasteiger partial charge in [-0.3, -0.25) is 19.3 Å². The van der Waals surface area contributed by atoms with Crippen LogP contribution >= 0.6 is 11.8 Å². The molecule has 172 valence electrons. The fraction of sp³-hybridized carbons (Fsp3) is 0.120. The van der Waals surface area contributed by atoms with Gasteiger partial charge in [-0.15, -0.1) is 0 Å². The first kappa shape index (κ1) is 23.1. The maximum absolute atomic E-state index is 12.8. The molecule has 9 heteroatoms. The van der Waals surface area contributed by atoms with Crippen LogP contribution in [0.3, 0.4) is 0 Å². The third-order valence-corrected chi connectivity index (χ3v) is 6.28. The highest BCUT2D eigenvalue weighted by atomic mass is 32.2. The molecular weight excluding hydrogens is 456 g/mol. The predicted octanol–water partition coefficient (Wildman–Crippen LogP) is 4.94. The number of benzene rings is 2. The zero-order chi connectivity index (χ0) is 24.4. The minimum absolute atomic E-state index is 0.0820. The molecule has 4 rings (SSSR count). The van der Waals surface area contributed by atoms with E-state index in [0.717, 1.165) is 16.0 Å². The van der Waals surface area contributed by atoms with Gasteiger partial charge in [0.15, 0.2) is 0 Å². The first-order valence-corrected chi connectivity index (χ1v) is 11.1. The number of aromatic carboxylic acids is 1. The molecule has 8 nitrogen and oxygen atoms in total.